The van der Waals surface area contributed by atoms with Crippen molar-refractivity contribution in [3.05, 3.63) is 29.8 Å². The van der Waals surface area contributed by atoms with Gasteiger partial charge in [-0.3, -0.25) is 9.89 Å². The van der Waals surface area contributed by atoms with Crippen molar-refractivity contribution in [2.45, 2.75) is 44.7 Å². The van der Waals surface area contributed by atoms with Crippen LogP contribution in [0.25, 0.3) is 0 Å². The van der Waals surface area contributed by atoms with Gasteiger partial charge in [-0.2, -0.15) is 0 Å². The lowest BCUT2D eigenvalue weighted by Gasteiger charge is -2.26. The second-order valence-corrected chi connectivity index (χ2v) is 7.32. The topological polar surface area (TPSA) is 58.1 Å². The number of ether oxygens (including phenoxy) is 2. The lowest BCUT2D eigenvalue weighted by molar-refractivity contribution is 0.0322. The van der Waals surface area contributed by atoms with Gasteiger partial charge in [0, 0.05) is 44.8 Å². The maximum Gasteiger partial charge on any atom is 0.191 e. The number of morpholine rings is 1. The molecule has 0 spiro atoms. The number of halogens is 1. The first-order valence-corrected chi connectivity index (χ1v) is 10.3. The zero-order valence-electron chi connectivity index (χ0n) is 17.0. The fraction of sp³-hybridized carbons (Fsp3) is 0.667. The predicted octanol–water partition coefficient (Wildman–Crippen LogP) is 3.01. The minimum atomic E-state index is 0. The molecule has 1 heterocycles. The normalized spacial score (nSPS) is 19.0. The Bertz CT molecular complexity index is 588. The molecule has 6 nitrogen and oxygen atoms in total. The van der Waals surface area contributed by atoms with Crippen LogP contribution in [0.3, 0.4) is 0 Å². The molecule has 0 atom stereocenters. The van der Waals surface area contributed by atoms with Crippen LogP contribution in [0, 0.1) is 0 Å². The molecule has 0 aromatic heterocycles. The van der Waals surface area contributed by atoms with Crippen LogP contribution in [0.15, 0.2) is 29.3 Å². The third kappa shape index (κ3) is 7.75. The highest BCUT2D eigenvalue weighted by atomic mass is 127. The summed E-state index contributed by atoms with van der Waals surface area (Å²) in [7, 11) is 1.84. The van der Waals surface area contributed by atoms with E-state index in [0.29, 0.717) is 19.2 Å². The highest BCUT2D eigenvalue weighted by molar-refractivity contribution is 14.0. The summed E-state index contributed by atoms with van der Waals surface area (Å²) in [5, 5.41) is 7.01. The Morgan fingerprint density at radius 3 is 2.68 bits per heavy atom. The van der Waals surface area contributed by atoms with Crippen molar-refractivity contribution in [2.75, 3.05) is 46.5 Å². The molecule has 1 aromatic carbocycles. The second kappa shape index (κ2) is 13.2. The highest BCUT2D eigenvalue weighted by Crippen LogP contribution is 2.19. The van der Waals surface area contributed by atoms with Gasteiger partial charge in [0.15, 0.2) is 5.96 Å². The molecule has 0 amide bonds. The summed E-state index contributed by atoms with van der Waals surface area (Å²) >= 11 is 0. The van der Waals surface area contributed by atoms with Crippen molar-refractivity contribution in [1.29, 1.82) is 0 Å². The molecule has 2 N–H and O–H groups in total. The average molecular weight is 502 g/mol. The number of hydrogen-bond acceptors (Lipinski definition) is 4. The molecule has 0 unspecified atom stereocenters. The molecule has 3 rings (SSSR count). The number of nitrogens with one attached hydrogen (secondary N) is 2. The summed E-state index contributed by atoms with van der Waals surface area (Å²) in [5.74, 6) is 1.83. The van der Waals surface area contributed by atoms with Gasteiger partial charge in [0.05, 0.1) is 13.2 Å². The van der Waals surface area contributed by atoms with E-state index in [4.69, 9.17) is 9.47 Å². The Hall–Kier alpha value is -1.06. The summed E-state index contributed by atoms with van der Waals surface area (Å²) in [4.78, 5) is 6.77. The Kier molecular flexibility index (Phi) is 11.0. The molecule has 2 fully saturated rings. The summed E-state index contributed by atoms with van der Waals surface area (Å²) in [6.45, 7) is 5.99. The Morgan fingerprint density at radius 2 is 1.93 bits per heavy atom. The van der Waals surface area contributed by atoms with Crippen LogP contribution in [0.2, 0.25) is 0 Å². The molecule has 0 radical (unpaired) electrons. The van der Waals surface area contributed by atoms with E-state index in [1.807, 2.05) is 19.2 Å². The number of aliphatic imine (C=N–C) groups is 1. The molecule has 1 aliphatic carbocycles. The Labute approximate surface area is 186 Å². The summed E-state index contributed by atoms with van der Waals surface area (Å²) in [6, 6.07) is 8.80. The van der Waals surface area contributed by atoms with E-state index in [9.17, 15) is 0 Å². The molecule has 7 heteroatoms. The fourth-order valence-electron chi connectivity index (χ4n) is 3.71. The van der Waals surface area contributed by atoms with Crippen molar-refractivity contribution < 1.29 is 9.47 Å². The minimum absolute atomic E-state index is 0. The fourth-order valence-corrected chi connectivity index (χ4v) is 3.71. The van der Waals surface area contributed by atoms with E-state index < -0.39 is 0 Å². The van der Waals surface area contributed by atoms with Crippen molar-refractivity contribution in [3.8, 4) is 5.75 Å². The first kappa shape index (κ1) is 23.2. The average Bonchev–Trinajstić information content (AvgIpc) is 2.73. The SMILES string of the molecule is CN=C(NCc1ccccc1OCCN1CCOCC1)NC1CCCCC1.I. The van der Waals surface area contributed by atoms with Gasteiger partial charge in [-0.25, -0.2) is 0 Å². The lowest BCUT2D eigenvalue weighted by atomic mass is 9.96. The Morgan fingerprint density at radius 1 is 1.18 bits per heavy atom. The minimum Gasteiger partial charge on any atom is -0.492 e. The number of hydrogen-bond donors (Lipinski definition) is 2. The summed E-state index contributed by atoms with van der Waals surface area (Å²) < 4.78 is 11.5. The van der Waals surface area contributed by atoms with Crippen LogP contribution in [0.5, 0.6) is 5.75 Å². The van der Waals surface area contributed by atoms with Crippen LogP contribution in [-0.2, 0) is 11.3 Å². The van der Waals surface area contributed by atoms with Gasteiger partial charge < -0.3 is 20.1 Å². The maximum atomic E-state index is 6.07. The van der Waals surface area contributed by atoms with Crippen LogP contribution >= 0.6 is 24.0 Å². The van der Waals surface area contributed by atoms with E-state index in [1.54, 1.807) is 0 Å². The van der Waals surface area contributed by atoms with Gasteiger partial charge in [-0.05, 0) is 18.9 Å². The third-order valence-electron chi connectivity index (χ3n) is 5.36. The van der Waals surface area contributed by atoms with Gasteiger partial charge in [0.1, 0.15) is 12.4 Å². The van der Waals surface area contributed by atoms with Crippen LogP contribution in [-0.4, -0.2) is 63.4 Å². The molecule has 1 saturated heterocycles. The van der Waals surface area contributed by atoms with Gasteiger partial charge in [-0.15, -0.1) is 24.0 Å². The monoisotopic (exact) mass is 502 g/mol. The van der Waals surface area contributed by atoms with E-state index in [0.717, 1.165) is 50.1 Å². The molecule has 158 valence electrons. The number of benzene rings is 1. The zero-order chi connectivity index (χ0) is 18.7. The highest BCUT2D eigenvalue weighted by Gasteiger charge is 2.15. The Balaban J connectivity index is 0.00000280. The number of guanidine groups is 1. The molecule has 2 aliphatic rings. The molecule has 1 saturated carbocycles. The maximum absolute atomic E-state index is 6.07. The summed E-state index contributed by atoms with van der Waals surface area (Å²) in [6.07, 6.45) is 6.46. The van der Waals surface area contributed by atoms with E-state index in [2.05, 4.69) is 32.7 Å². The molecule has 28 heavy (non-hydrogen) atoms. The van der Waals surface area contributed by atoms with Crippen molar-refractivity contribution in [1.82, 2.24) is 15.5 Å². The quantitative estimate of drug-likeness (QED) is 0.341. The lowest BCUT2D eigenvalue weighted by Crippen LogP contribution is -2.43. The van der Waals surface area contributed by atoms with Crippen LogP contribution < -0.4 is 15.4 Å². The van der Waals surface area contributed by atoms with Gasteiger partial charge in [0.25, 0.3) is 0 Å². The molecular weight excluding hydrogens is 467 g/mol. The van der Waals surface area contributed by atoms with Crippen molar-refractivity contribution in [3.63, 3.8) is 0 Å². The zero-order valence-corrected chi connectivity index (χ0v) is 19.3. The standard InChI is InChI=1S/C21H34N4O2.HI/c1-22-21(24-19-8-3-2-4-9-19)23-17-18-7-5-6-10-20(18)27-16-13-25-11-14-26-15-12-25;/h5-7,10,19H,2-4,8-9,11-17H2,1H3,(H2,22,23,24);1H. The first-order chi connectivity index (χ1) is 13.3. The molecule has 0 bridgehead atoms. The number of para-hydroxylation sites is 1. The van der Waals surface area contributed by atoms with E-state index in [-0.39, 0.29) is 24.0 Å². The predicted molar refractivity (Wildman–Crippen MR) is 125 cm³/mol. The third-order valence-corrected chi connectivity index (χ3v) is 5.36. The molecule has 1 aliphatic heterocycles. The second-order valence-electron chi connectivity index (χ2n) is 7.32. The number of nitrogens with zero attached hydrogens (tertiary/aromatic N) is 2. The van der Waals surface area contributed by atoms with E-state index in [1.165, 1.54) is 32.1 Å². The van der Waals surface area contributed by atoms with Gasteiger partial charge in [-0.1, -0.05) is 37.5 Å². The molecular formula is C21H35IN4O2. The largest absolute Gasteiger partial charge is 0.492 e. The van der Waals surface area contributed by atoms with Crippen LogP contribution in [0.4, 0.5) is 0 Å². The first-order valence-electron chi connectivity index (χ1n) is 10.3. The summed E-state index contributed by atoms with van der Waals surface area (Å²) in [5.41, 5.74) is 1.16. The smallest absolute Gasteiger partial charge is 0.191 e. The van der Waals surface area contributed by atoms with Crippen LogP contribution in [0.1, 0.15) is 37.7 Å². The van der Waals surface area contributed by atoms with Gasteiger partial charge >= 0.3 is 0 Å². The molecule has 1 aromatic rings. The van der Waals surface area contributed by atoms with Crippen molar-refractivity contribution in [2.24, 2.45) is 4.99 Å². The van der Waals surface area contributed by atoms with E-state index >= 15 is 0 Å². The number of rotatable bonds is 7. The van der Waals surface area contributed by atoms with Crippen molar-refractivity contribution >= 4 is 29.9 Å². The van der Waals surface area contributed by atoms with Gasteiger partial charge in [0.2, 0.25) is 0 Å².